The number of carbonyl (C=O) groups excluding carboxylic acids is 1. The number of carbonyl (C=O) groups is 1. The van der Waals surface area contributed by atoms with Gasteiger partial charge in [-0.2, -0.15) is 5.10 Å². The lowest BCUT2D eigenvalue weighted by atomic mass is 10.1. The highest BCUT2D eigenvalue weighted by atomic mass is 16.5. The highest BCUT2D eigenvalue weighted by Crippen LogP contribution is 2.17. The first-order chi connectivity index (χ1) is 14.5. The Bertz CT molecular complexity index is 962. The molecule has 0 fully saturated rings. The highest BCUT2D eigenvalue weighted by Gasteiger charge is 2.18. The second-order valence-corrected chi connectivity index (χ2v) is 7.72. The Kier molecular flexibility index (Phi) is 7.41. The molecule has 1 unspecified atom stereocenters. The van der Waals surface area contributed by atoms with Gasteiger partial charge in [-0.05, 0) is 45.2 Å². The Labute approximate surface area is 179 Å². The van der Waals surface area contributed by atoms with Crippen molar-refractivity contribution in [3.63, 3.8) is 0 Å². The fourth-order valence-electron chi connectivity index (χ4n) is 3.49. The molecule has 1 aromatic heterocycles. The minimum atomic E-state index is -0.0729. The molecule has 0 aliphatic carbocycles. The summed E-state index contributed by atoms with van der Waals surface area (Å²) < 4.78 is 7.78. The second kappa shape index (κ2) is 10.2. The lowest BCUT2D eigenvalue weighted by Crippen LogP contribution is -2.26. The molecule has 3 aromatic rings. The van der Waals surface area contributed by atoms with Gasteiger partial charge in [-0.25, -0.2) is 0 Å². The summed E-state index contributed by atoms with van der Waals surface area (Å²) in [5.74, 6) is -0.0729. The maximum atomic E-state index is 12.7. The molecule has 1 heterocycles. The van der Waals surface area contributed by atoms with Crippen molar-refractivity contribution >= 4 is 5.91 Å². The third-order valence-corrected chi connectivity index (χ3v) is 5.31. The molecule has 0 spiro atoms. The fraction of sp³-hybridized carbons (Fsp3) is 0.360. The van der Waals surface area contributed by atoms with Gasteiger partial charge in [0.1, 0.15) is 0 Å². The molecular formula is C25H31N3O2. The number of amides is 1. The summed E-state index contributed by atoms with van der Waals surface area (Å²) in [4.78, 5) is 12.7. The van der Waals surface area contributed by atoms with Gasteiger partial charge in [-0.15, -0.1) is 0 Å². The van der Waals surface area contributed by atoms with Crippen LogP contribution in [-0.2, 0) is 11.3 Å². The number of hydrogen-bond donors (Lipinski definition) is 1. The number of benzene rings is 2. The van der Waals surface area contributed by atoms with Gasteiger partial charge < -0.3 is 10.1 Å². The Balaban J connectivity index is 1.49. The van der Waals surface area contributed by atoms with Crippen molar-refractivity contribution in [1.82, 2.24) is 15.1 Å². The smallest absolute Gasteiger partial charge is 0.255 e. The minimum absolute atomic E-state index is 0.0476. The lowest BCUT2D eigenvalue weighted by Gasteiger charge is -2.13. The zero-order valence-electron chi connectivity index (χ0n) is 18.3. The average molecular weight is 406 g/mol. The van der Waals surface area contributed by atoms with E-state index in [1.165, 1.54) is 11.1 Å². The van der Waals surface area contributed by atoms with E-state index in [0.29, 0.717) is 25.3 Å². The third kappa shape index (κ3) is 5.57. The normalized spacial score (nSPS) is 12.0. The van der Waals surface area contributed by atoms with Gasteiger partial charge in [0, 0.05) is 18.8 Å². The van der Waals surface area contributed by atoms with Crippen molar-refractivity contribution in [3.05, 3.63) is 88.2 Å². The molecule has 0 aliphatic rings. The summed E-state index contributed by atoms with van der Waals surface area (Å²) in [6.45, 7) is 9.78. The molecule has 1 N–H and O–H groups in total. The van der Waals surface area contributed by atoms with Crippen LogP contribution in [0, 0.1) is 20.8 Å². The number of nitrogens with one attached hydrogen (secondary N) is 1. The molecule has 0 saturated heterocycles. The Morgan fingerprint density at radius 1 is 1.07 bits per heavy atom. The number of aryl methyl sites for hydroxylation is 2. The Morgan fingerprint density at radius 2 is 1.77 bits per heavy atom. The van der Waals surface area contributed by atoms with Crippen molar-refractivity contribution in [2.75, 3.05) is 13.2 Å². The van der Waals surface area contributed by atoms with Crippen LogP contribution in [0.3, 0.4) is 0 Å². The van der Waals surface area contributed by atoms with E-state index in [9.17, 15) is 4.79 Å². The molecular weight excluding hydrogens is 374 g/mol. The van der Waals surface area contributed by atoms with Crippen LogP contribution >= 0.6 is 0 Å². The van der Waals surface area contributed by atoms with Gasteiger partial charge >= 0.3 is 0 Å². The largest absolute Gasteiger partial charge is 0.374 e. The van der Waals surface area contributed by atoms with E-state index in [4.69, 9.17) is 4.74 Å². The van der Waals surface area contributed by atoms with Crippen LogP contribution in [0.1, 0.15) is 57.9 Å². The molecule has 3 rings (SSSR count). The van der Waals surface area contributed by atoms with Crippen LogP contribution in [0.25, 0.3) is 0 Å². The molecule has 0 aliphatic heterocycles. The Hall–Kier alpha value is -2.92. The third-order valence-electron chi connectivity index (χ3n) is 5.31. The fourth-order valence-corrected chi connectivity index (χ4v) is 3.49. The summed E-state index contributed by atoms with van der Waals surface area (Å²) in [5, 5.41) is 7.59. The van der Waals surface area contributed by atoms with Crippen LogP contribution < -0.4 is 5.32 Å². The SMILES string of the molecule is Cc1ccc(Cn2nc(C)c(C(=O)NCCCOC(C)c3ccccc3)c2C)cc1. The molecule has 30 heavy (non-hydrogen) atoms. The predicted molar refractivity (Wildman–Crippen MR) is 120 cm³/mol. The number of hydrogen-bond acceptors (Lipinski definition) is 3. The van der Waals surface area contributed by atoms with Crippen LogP contribution in [0.4, 0.5) is 0 Å². The van der Waals surface area contributed by atoms with E-state index in [-0.39, 0.29) is 12.0 Å². The zero-order chi connectivity index (χ0) is 21.5. The van der Waals surface area contributed by atoms with Crippen LogP contribution in [-0.4, -0.2) is 28.8 Å². The molecule has 1 amide bonds. The highest BCUT2D eigenvalue weighted by molar-refractivity contribution is 5.96. The average Bonchev–Trinajstić information content (AvgIpc) is 3.02. The minimum Gasteiger partial charge on any atom is -0.374 e. The summed E-state index contributed by atoms with van der Waals surface area (Å²) in [7, 11) is 0. The van der Waals surface area contributed by atoms with Crippen molar-refractivity contribution in [2.45, 2.75) is 46.8 Å². The van der Waals surface area contributed by atoms with Gasteiger partial charge in [0.2, 0.25) is 0 Å². The molecule has 158 valence electrons. The van der Waals surface area contributed by atoms with E-state index >= 15 is 0 Å². The van der Waals surface area contributed by atoms with Gasteiger partial charge in [-0.3, -0.25) is 9.48 Å². The molecule has 5 nitrogen and oxygen atoms in total. The first kappa shape index (κ1) is 21.8. The number of aromatic nitrogens is 2. The van der Waals surface area contributed by atoms with Gasteiger partial charge in [-0.1, -0.05) is 60.2 Å². The quantitative estimate of drug-likeness (QED) is 0.523. The molecule has 5 heteroatoms. The molecule has 0 saturated carbocycles. The zero-order valence-corrected chi connectivity index (χ0v) is 18.3. The second-order valence-electron chi connectivity index (χ2n) is 7.72. The maximum Gasteiger partial charge on any atom is 0.255 e. The number of rotatable bonds is 9. The summed E-state index contributed by atoms with van der Waals surface area (Å²) in [5.41, 5.74) is 5.87. The molecule has 1 atom stereocenters. The predicted octanol–water partition coefficient (Wildman–Crippen LogP) is 4.75. The van der Waals surface area contributed by atoms with E-state index < -0.39 is 0 Å². The topological polar surface area (TPSA) is 56.2 Å². The van der Waals surface area contributed by atoms with Crippen molar-refractivity contribution in [3.8, 4) is 0 Å². The first-order valence-corrected chi connectivity index (χ1v) is 10.5. The van der Waals surface area contributed by atoms with E-state index in [0.717, 1.165) is 23.4 Å². The van der Waals surface area contributed by atoms with E-state index in [1.54, 1.807) is 0 Å². The monoisotopic (exact) mass is 405 g/mol. The van der Waals surface area contributed by atoms with E-state index in [2.05, 4.69) is 53.7 Å². The van der Waals surface area contributed by atoms with Crippen LogP contribution in [0.5, 0.6) is 0 Å². The lowest BCUT2D eigenvalue weighted by molar-refractivity contribution is 0.0635. The molecule has 0 radical (unpaired) electrons. The molecule has 0 bridgehead atoms. The van der Waals surface area contributed by atoms with Gasteiger partial charge in [0.25, 0.3) is 5.91 Å². The van der Waals surface area contributed by atoms with Crippen molar-refractivity contribution < 1.29 is 9.53 Å². The van der Waals surface area contributed by atoms with Crippen molar-refractivity contribution in [1.29, 1.82) is 0 Å². The summed E-state index contributed by atoms with van der Waals surface area (Å²) >= 11 is 0. The van der Waals surface area contributed by atoms with Gasteiger partial charge in [0.05, 0.1) is 23.9 Å². The first-order valence-electron chi connectivity index (χ1n) is 10.5. The standard InChI is InChI=1S/C25H31N3O2/c1-18-11-13-22(14-12-18)17-28-20(3)24(19(2)27-28)25(29)26-15-8-16-30-21(4)23-9-6-5-7-10-23/h5-7,9-14,21H,8,15-17H2,1-4H3,(H,26,29). The van der Waals surface area contributed by atoms with E-state index in [1.807, 2.05) is 43.7 Å². The number of nitrogens with zero attached hydrogens (tertiary/aromatic N) is 2. The van der Waals surface area contributed by atoms with Gasteiger partial charge in [0.15, 0.2) is 0 Å². The summed E-state index contributed by atoms with van der Waals surface area (Å²) in [6, 6.07) is 18.5. The van der Waals surface area contributed by atoms with Crippen LogP contribution in [0.15, 0.2) is 54.6 Å². The maximum absolute atomic E-state index is 12.7. The molecule has 2 aromatic carbocycles. The van der Waals surface area contributed by atoms with Crippen molar-refractivity contribution in [2.24, 2.45) is 0 Å². The summed E-state index contributed by atoms with van der Waals surface area (Å²) in [6.07, 6.45) is 0.810. The Morgan fingerprint density at radius 3 is 2.47 bits per heavy atom. The van der Waals surface area contributed by atoms with Crippen LogP contribution in [0.2, 0.25) is 0 Å². The number of ether oxygens (including phenoxy) is 1.